The Kier molecular flexibility index (Phi) is 5.88. The maximum absolute atomic E-state index is 12.0. The lowest BCUT2D eigenvalue weighted by Gasteiger charge is -2.10. The number of carbonyl (C=O) groups is 1. The zero-order chi connectivity index (χ0) is 15.1. The molecule has 0 aromatic heterocycles. The van der Waals surface area contributed by atoms with Crippen LogP contribution in [0.2, 0.25) is 0 Å². The third-order valence-corrected chi connectivity index (χ3v) is 4.54. The molecule has 1 amide bonds. The first-order valence-electron chi connectivity index (χ1n) is 7.21. The van der Waals surface area contributed by atoms with Crippen LogP contribution in [0, 0.1) is 13.8 Å². The van der Waals surface area contributed by atoms with Crippen molar-refractivity contribution in [1.29, 1.82) is 0 Å². The maximum atomic E-state index is 12.0. The van der Waals surface area contributed by atoms with E-state index in [0.29, 0.717) is 6.42 Å². The number of rotatable bonds is 6. The average molecular weight is 299 g/mol. The lowest BCUT2D eigenvalue weighted by molar-refractivity contribution is -0.116. The molecule has 0 heterocycles. The summed E-state index contributed by atoms with van der Waals surface area (Å²) in [5.74, 6) is 1.06. The highest BCUT2D eigenvalue weighted by Gasteiger charge is 2.05. The molecule has 2 nitrogen and oxygen atoms in total. The molecule has 0 radical (unpaired) electrons. The topological polar surface area (TPSA) is 29.1 Å². The minimum absolute atomic E-state index is 0.0948. The van der Waals surface area contributed by atoms with Crippen molar-refractivity contribution >= 4 is 23.4 Å². The van der Waals surface area contributed by atoms with Gasteiger partial charge in [0.25, 0.3) is 0 Å². The molecular formula is C18H21NOS. The molecule has 2 aromatic carbocycles. The van der Waals surface area contributed by atoms with E-state index < -0.39 is 0 Å². The second kappa shape index (κ2) is 7.89. The number of hydrogen-bond donors (Lipinski definition) is 1. The monoisotopic (exact) mass is 299 g/mol. The summed E-state index contributed by atoms with van der Waals surface area (Å²) in [6.07, 6.45) is 1.45. The molecule has 21 heavy (non-hydrogen) atoms. The van der Waals surface area contributed by atoms with Crippen LogP contribution in [0.25, 0.3) is 0 Å². The molecule has 0 aliphatic rings. The van der Waals surface area contributed by atoms with Gasteiger partial charge in [0.2, 0.25) is 5.91 Å². The fourth-order valence-corrected chi connectivity index (χ4v) is 2.91. The van der Waals surface area contributed by atoms with Gasteiger partial charge in [-0.05, 0) is 55.3 Å². The van der Waals surface area contributed by atoms with E-state index in [-0.39, 0.29) is 5.91 Å². The van der Waals surface area contributed by atoms with Crippen molar-refractivity contribution in [3.8, 4) is 0 Å². The first-order valence-corrected chi connectivity index (χ1v) is 8.19. The SMILES string of the molecule is Cc1cccc(NC(=O)CCCSc2ccccc2)c1C. The van der Waals surface area contributed by atoms with Gasteiger partial charge in [-0.2, -0.15) is 0 Å². The molecule has 0 saturated heterocycles. The first kappa shape index (κ1) is 15.6. The molecular weight excluding hydrogens is 278 g/mol. The fraction of sp³-hybridized carbons (Fsp3) is 0.278. The Labute approximate surface area is 131 Å². The van der Waals surface area contributed by atoms with E-state index >= 15 is 0 Å². The van der Waals surface area contributed by atoms with Crippen molar-refractivity contribution in [3.05, 3.63) is 59.7 Å². The Balaban J connectivity index is 1.74. The van der Waals surface area contributed by atoms with Crippen LogP contribution in [-0.4, -0.2) is 11.7 Å². The zero-order valence-corrected chi connectivity index (χ0v) is 13.4. The third kappa shape index (κ3) is 4.94. The van der Waals surface area contributed by atoms with Crippen LogP contribution in [0.4, 0.5) is 5.69 Å². The van der Waals surface area contributed by atoms with E-state index in [4.69, 9.17) is 0 Å². The number of carbonyl (C=O) groups excluding carboxylic acids is 1. The maximum Gasteiger partial charge on any atom is 0.224 e. The van der Waals surface area contributed by atoms with Gasteiger partial charge in [0, 0.05) is 17.0 Å². The first-order chi connectivity index (χ1) is 10.2. The van der Waals surface area contributed by atoms with Crippen molar-refractivity contribution in [2.24, 2.45) is 0 Å². The van der Waals surface area contributed by atoms with Gasteiger partial charge in [-0.15, -0.1) is 11.8 Å². The molecule has 2 aromatic rings. The molecule has 0 spiro atoms. The Morgan fingerprint density at radius 2 is 1.81 bits per heavy atom. The van der Waals surface area contributed by atoms with E-state index in [1.165, 1.54) is 10.5 Å². The van der Waals surface area contributed by atoms with E-state index in [1.54, 1.807) is 11.8 Å². The second-order valence-electron chi connectivity index (χ2n) is 5.06. The highest BCUT2D eigenvalue weighted by Crippen LogP contribution is 2.20. The standard InChI is InChI=1S/C18H21NOS/c1-14-8-6-11-17(15(14)2)19-18(20)12-7-13-21-16-9-4-3-5-10-16/h3-6,8-11H,7,12-13H2,1-2H3,(H,19,20). The van der Waals surface area contributed by atoms with Crippen LogP contribution < -0.4 is 5.32 Å². The largest absolute Gasteiger partial charge is 0.326 e. The van der Waals surface area contributed by atoms with Gasteiger partial charge < -0.3 is 5.32 Å². The van der Waals surface area contributed by atoms with Crippen LogP contribution in [0.15, 0.2) is 53.4 Å². The van der Waals surface area contributed by atoms with Crippen molar-refractivity contribution in [1.82, 2.24) is 0 Å². The van der Waals surface area contributed by atoms with Gasteiger partial charge >= 0.3 is 0 Å². The number of aryl methyl sites for hydroxylation is 1. The smallest absolute Gasteiger partial charge is 0.224 e. The molecule has 110 valence electrons. The average Bonchev–Trinajstić information content (AvgIpc) is 2.49. The molecule has 0 aliphatic carbocycles. The van der Waals surface area contributed by atoms with Gasteiger partial charge in [-0.25, -0.2) is 0 Å². The van der Waals surface area contributed by atoms with Gasteiger partial charge in [0.05, 0.1) is 0 Å². The Morgan fingerprint density at radius 3 is 2.57 bits per heavy atom. The number of benzene rings is 2. The van der Waals surface area contributed by atoms with Crippen molar-refractivity contribution in [2.45, 2.75) is 31.6 Å². The van der Waals surface area contributed by atoms with Gasteiger partial charge in [-0.3, -0.25) is 4.79 Å². The molecule has 0 unspecified atom stereocenters. The Bertz CT molecular complexity index is 595. The van der Waals surface area contributed by atoms with Crippen LogP contribution in [0.3, 0.4) is 0 Å². The van der Waals surface area contributed by atoms with Crippen molar-refractivity contribution < 1.29 is 4.79 Å². The van der Waals surface area contributed by atoms with Gasteiger partial charge in [0.1, 0.15) is 0 Å². The van der Waals surface area contributed by atoms with Crippen LogP contribution in [0.1, 0.15) is 24.0 Å². The van der Waals surface area contributed by atoms with E-state index in [2.05, 4.69) is 30.4 Å². The fourth-order valence-electron chi connectivity index (χ4n) is 2.04. The second-order valence-corrected chi connectivity index (χ2v) is 6.23. The summed E-state index contributed by atoms with van der Waals surface area (Å²) in [7, 11) is 0. The van der Waals surface area contributed by atoms with Crippen LogP contribution >= 0.6 is 11.8 Å². The summed E-state index contributed by atoms with van der Waals surface area (Å²) in [4.78, 5) is 13.2. The van der Waals surface area contributed by atoms with Crippen LogP contribution in [0.5, 0.6) is 0 Å². The summed E-state index contributed by atoms with van der Waals surface area (Å²) in [5, 5.41) is 3.00. The molecule has 0 aliphatic heterocycles. The number of amides is 1. The predicted octanol–water partition coefficient (Wildman–Crippen LogP) is 4.81. The lowest BCUT2D eigenvalue weighted by Crippen LogP contribution is -2.12. The summed E-state index contributed by atoms with van der Waals surface area (Å²) < 4.78 is 0. The van der Waals surface area contributed by atoms with E-state index in [0.717, 1.165) is 23.4 Å². The molecule has 0 saturated carbocycles. The Morgan fingerprint density at radius 1 is 1.05 bits per heavy atom. The number of nitrogens with one attached hydrogen (secondary N) is 1. The van der Waals surface area contributed by atoms with E-state index in [9.17, 15) is 4.79 Å². The minimum Gasteiger partial charge on any atom is -0.326 e. The molecule has 2 rings (SSSR count). The zero-order valence-electron chi connectivity index (χ0n) is 12.6. The normalized spacial score (nSPS) is 10.4. The minimum atomic E-state index is 0.0948. The van der Waals surface area contributed by atoms with Crippen LogP contribution in [-0.2, 0) is 4.79 Å². The predicted molar refractivity (Wildman–Crippen MR) is 90.9 cm³/mol. The summed E-state index contributed by atoms with van der Waals surface area (Å²) >= 11 is 1.79. The van der Waals surface area contributed by atoms with E-state index in [1.807, 2.05) is 37.3 Å². The highest BCUT2D eigenvalue weighted by molar-refractivity contribution is 7.99. The quantitative estimate of drug-likeness (QED) is 0.612. The number of anilines is 1. The summed E-state index contributed by atoms with van der Waals surface area (Å²) in [6, 6.07) is 16.3. The van der Waals surface area contributed by atoms with Crippen molar-refractivity contribution in [2.75, 3.05) is 11.1 Å². The molecule has 0 fully saturated rings. The lowest BCUT2D eigenvalue weighted by atomic mass is 10.1. The Hall–Kier alpha value is -1.74. The number of hydrogen-bond acceptors (Lipinski definition) is 2. The molecule has 1 N–H and O–H groups in total. The third-order valence-electron chi connectivity index (χ3n) is 3.44. The molecule has 0 atom stereocenters. The summed E-state index contributed by atoms with van der Waals surface area (Å²) in [6.45, 7) is 4.09. The van der Waals surface area contributed by atoms with Crippen molar-refractivity contribution in [3.63, 3.8) is 0 Å². The molecule has 0 bridgehead atoms. The highest BCUT2D eigenvalue weighted by atomic mass is 32.2. The molecule has 3 heteroatoms. The summed E-state index contributed by atoms with van der Waals surface area (Å²) in [5.41, 5.74) is 3.27. The number of thioether (sulfide) groups is 1. The van der Waals surface area contributed by atoms with Gasteiger partial charge in [0.15, 0.2) is 0 Å². The van der Waals surface area contributed by atoms with Gasteiger partial charge in [-0.1, -0.05) is 30.3 Å².